The number of rotatable bonds is 8. The van der Waals surface area contributed by atoms with Gasteiger partial charge in [0.05, 0.1) is 70.0 Å². The number of phenolic OH excluding ortho intramolecular Hbond substituents is 2. The molecule has 17 rings (SSSR count). The Morgan fingerprint density at radius 2 is 0.680 bits per heavy atom. The molecule has 9 aliphatic heterocycles. The Morgan fingerprint density at radius 3 is 1.06 bits per heavy atom. The van der Waals surface area contributed by atoms with Crippen molar-refractivity contribution in [2.45, 2.75) is 123 Å². The standard InChI is InChI=1S/C21H19N3O2.C21H25NO2.C20H21NO4.C19H21NO4.CH4/c1-22-17-9-14-7-8-24-12-16-13(5-6-20(25-3)21(16)26-4)10-19(24)15(14)11-18(17)23-2;1-13-9-16-7-8-22-12-18-15(5-6-20(23-3)21(18)24-4)11-19(22)17(16)10-14(13)2;1-22-17-4-3-12-7-16-14-9-19-18(24-11-25-19)8-13(14)5-6-21(16)10-15(12)20(17)23-2;1-23-18-4-3-11-7-15-13-9-17(22)16(21)8-12(13)5-6-20(15)10-14(11)19(18)24-2;/h5-6,9,11,19H,7-8,10,12H2,3-4H3;5-6,9-10,19H,7-8,11-12H2,1-4H3;3-4,8-9,16H,5-7,10-11H2,1-2H3;3-4,8-9,15,21-22H,5-7,10H2,1-2H3;1H4. The van der Waals surface area contributed by atoms with Gasteiger partial charge in [-0.2, -0.15) is 0 Å². The van der Waals surface area contributed by atoms with Crippen molar-refractivity contribution in [3.8, 4) is 69.0 Å². The summed E-state index contributed by atoms with van der Waals surface area (Å²) < 4.78 is 55.5. The molecule has 0 bridgehead atoms. The van der Waals surface area contributed by atoms with Crippen LogP contribution >= 0.6 is 0 Å². The Labute approximate surface area is 587 Å². The average molecular weight is 1350 g/mol. The van der Waals surface area contributed by atoms with E-state index in [1.807, 2.05) is 36.4 Å². The molecule has 0 radical (unpaired) electrons. The third-order valence-electron chi connectivity index (χ3n) is 22.1. The molecule has 0 aromatic heterocycles. The Bertz CT molecular complexity index is 4420. The second kappa shape index (κ2) is 28.8. The normalized spacial score (nSPS) is 19.0. The van der Waals surface area contributed by atoms with Crippen molar-refractivity contribution in [1.82, 2.24) is 19.6 Å². The summed E-state index contributed by atoms with van der Waals surface area (Å²) in [6, 6.07) is 34.3. The van der Waals surface area contributed by atoms with Crippen LogP contribution in [0.4, 0.5) is 11.4 Å². The first kappa shape index (κ1) is 68.7. The van der Waals surface area contributed by atoms with Gasteiger partial charge in [-0.3, -0.25) is 29.3 Å². The number of benzene rings is 8. The van der Waals surface area contributed by atoms with Crippen LogP contribution in [0.25, 0.3) is 9.69 Å². The van der Waals surface area contributed by atoms with Crippen molar-refractivity contribution in [3.63, 3.8) is 0 Å². The van der Waals surface area contributed by atoms with Crippen LogP contribution < -0.4 is 47.4 Å². The van der Waals surface area contributed by atoms with E-state index in [9.17, 15) is 10.2 Å². The Hall–Kier alpha value is -9.82. The van der Waals surface area contributed by atoms with Crippen molar-refractivity contribution >= 4 is 11.4 Å². The molecule has 2 N–H and O–H groups in total. The van der Waals surface area contributed by atoms with E-state index in [4.69, 9.17) is 60.5 Å². The fraction of sp³-hybridized carbons (Fsp3) is 0.390. The summed E-state index contributed by atoms with van der Waals surface area (Å²) in [7, 11) is 13.5. The lowest BCUT2D eigenvalue weighted by atomic mass is 9.82. The zero-order valence-electron chi connectivity index (χ0n) is 58.2. The lowest BCUT2D eigenvalue weighted by Crippen LogP contribution is -2.39. The fourth-order valence-electron chi connectivity index (χ4n) is 16.9. The molecule has 4 unspecified atom stereocenters. The molecule has 0 spiro atoms. The highest BCUT2D eigenvalue weighted by molar-refractivity contribution is 5.73. The van der Waals surface area contributed by atoms with Crippen molar-refractivity contribution in [2.24, 2.45) is 0 Å². The van der Waals surface area contributed by atoms with Crippen LogP contribution in [-0.2, 0) is 77.5 Å². The summed E-state index contributed by atoms with van der Waals surface area (Å²) in [5.41, 5.74) is 24.3. The van der Waals surface area contributed by atoms with Gasteiger partial charge in [-0.15, -0.1) is 0 Å². The van der Waals surface area contributed by atoms with E-state index >= 15 is 0 Å². The number of fused-ring (bicyclic) bond motifs is 17. The maximum absolute atomic E-state index is 9.91. The first-order valence-corrected chi connectivity index (χ1v) is 34.1. The van der Waals surface area contributed by atoms with E-state index < -0.39 is 0 Å². The van der Waals surface area contributed by atoms with Crippen LogP contribution in [0.5, 0.6) is 69.0 Å². The molecule has 100 heavy (non-hydrogen) atoms. The first-order valence-electron chi connectivity index (χ1n) is 34.1. The van der Waals surface area contributed by atoms with E-state index in [-0.39, 0.29) is 31.0 Å². The monoisotopic (exact) mass is 1350 g/mol. The maximum Gasteiger partial charge on any atom is 0.231 e. The number of ether oxygens (including phenoxy) is 10. The summed E-state index contributed by atoms with van der Waals surface area (Å²) in [5.74, 6) is 8.24. The number of phenols is 2. The lowest BCUT2D eigenvalue weighted by molar-refractivity contribution is 0.157. The smallest absolute Gasteiger partial charge is 0.231 e. The van der Waals surface area contributed by atoms with Gasteiger partial charge in [-0.1, -0.05) is 61.5 Å². The number of aryl methyl sites for hydroxylation is 2. The Morgan fingerprint density at radius 1 is 0.370 bits per heavy atom. The largest absolute Gasteiger partial charge is 0.504 e. The molecule has 18 heteroatoms. The number of hydrogen-bond donors (Lipinski definition) is 2. The molecule has 8 aromatic carbocycles. The van der Waals surface area contributed by atoms with Crippen molar-refractivity contribution < 1.29 is 57.6 Å². The second-order valence-electron chi connectivity index (χ2n) is 26.9. The van der Waals surface area contributed by atoms with Gasteiger partial charge in [0.1, 0.15) is 0 Å². The molecule has 0 saturated carbocycles. The van der Waals surface area contributed by atoms with Crippen molar-refractivity contribution in [1.29, 1.82) is 0 Å². The van der Waals surface area contributed by atoms with E-state index in [0.29, 0.717) is 30.3 Å². The van der Waals surface area contributed by atoms with E-state index in [0.717, 1.165) is 172 Å². The maximum atomic E-state index is 9.91. The minimum atomic E-state index is -0.0475. The fourth-order valence-corrected chi connectivity index (χ4v) is 16.9. The van der Waals surface area contributed by atoms with Crippen LogP contribution in [0.3, 0.4) is 0 Å². The van der Waals surface area contributed by atoms with E-state index in [1.54, 1.807) is 69.0 Å². The van der Waals surface area contributed by atoms with Gasteiger partial charge in [-0.05, 0) is 186 Å². The Balaban J connectivity index is 0.000000119. The van der Waals surface area contributed by atoms with Crippen LogP contribution in [0.2, 0.25) is 0 Å². The highest BCUT2D eigenvalue weighted by atomic mass is 16.7. The van der Waals surface area contributed by atoms with Crippen LogP contribution in [-0.4, -0.2) is 120 Å². The third-order valence-corrected chi connectivity index (χ3v) is 22.1. The lowest BCUT2D eigenvalue weighted by Gasteiger charge is -2.42. The van der Waals surface area contributed by atoms with Gasteiger partial charge in [0.15, 0.2) is 80.4 Å². The van der Waals surface area contributed by atoms with Gasteiger partial charge < -0.3 is 57.6 Å². The molecular formula is C82H90N6O12. The third kappa shape index (κ3) is 12.4. The number of nitrogens with zero attached hydrogens (tertiary/aromatic N) is 6. The molecule has 9 aliphatic rings. The topological polar surface area (TPSA) is 154 Å². The van der Waals surface area contributed by atoms with Crippen molar-refractivity contribution in [2.75, 3.05) is 89.9 Å². The molecule has 0 aliphatic carbocycles. The summed E-state index contributed by atoms with van der Waals surface area (Å²) in [6.45, 7) is 26.9. The highest BCUT2D eigenvalue weighted by Crippen LogP contribution is 2.51. The minimum Gasteiger partial charge on any atom is -0.504 e. The predicted molar refractivity (Wildman–Crippen MR) is 384 cm³/mol. The molecule has 0 amide bonds. The van der Waals surface area contributed by atoms with Crippen LogP contribution in [0.1, 0.15) is 132 Å². The van der Waals surface area contributed by atoms with Gasteiger partial charge in [-0.25, -0.2) is 0 Å². The molecule has 18 nitrogen and oxygen atoms in total. The second-order valence-corrected chi connectivity index (χ2v) is 26.9. The minimum absolute atomic E-state index is 0. The zero-order chi connectivity index (χ0) is 68.9. The SMILES string of the molecule is C.COc1ccc2c(c1OC)CN1CCc3cc(C)c(C)cc3C1C2.COc1ccc2c(c1OC)CN1CCc3cc(O)c(O)cc3C1C2.COc1ccc2c(c1OC)CN1CCc3cc4c(cc3C1C2)OCO4.[C-]#[N+]c1cc2c(cc1[N+]#[C-])C1Cc3ccc(OC)c(OC)c3CN1CC2. The van der Waals surface area contributed by atoms with E-state index in [2.05, 4.69) is 91.7 Å². The van der Waals surface area contributed by atoms with Crippen LogP contribution in [0, 0.1) is 27.0 Å². The quantitative estimate of drug-likeness (QED) is 0.109. The summed E-state index contributed by atoms with van der Waals surface area (Å²) in [4.78, 5) is 17.1. The summed E-state index contributed by atoms with van der Waals surface area (Å²) >= 11 is 0. The molecule has 4 atom stereocenters. The van der Waals surface area contributed by atoms with Gasteiger partial charge in [0.25, 0.3) is 0 Å². The van der Waals surface area contributed by atoms with Gasteiger partial charge in [0.2, 0.25) is 6.79 Å². The Kier molecular flexibility index (Phi) is 19.8. The summed E-state index contributed by atoms with van der Waals surface area (Å²) in [5, 5.41) is 19.7. The van der Waals surface area contributed by atoms with Gasteiger partial charge in [0, 0.05) is 98.8 Å². The molecule has 0 fully saturated rings. The first-order chi connectivity index (χ1) is 48.2. The molecule has 0 saturated heterocycles. The zero-order valence-corrected chi connectivity index (χ0v) is 58.2. The molecule has 9 heterocycles. The van der Waals surface area contributed by atoms with Crippen molar-refractivity contribution in [3.05, 3.63) is 220 Å². The highest BCUT2D eigenvalue weighted by Gasteiger charge is 2.40. The molecule has 8 aromatic rings. The van der Waals surface area contributed by atoms with Gasteiger partial charge >= 0.3 is 0 Å². The average Bonchev–Trinajstić information content (AvgIpc) is 0.867. The number of methoxy groups -OCH3 is 8. The summed E-state index contributed by atoms with van der Waals surface area (Å²) in [6.07, 6.45) is 7.67. The number of aromatic hydroxyl groups is 2. The predicted octanol–water partition coefficient (Wildman–Crippen LogP) is 14.9. The molecular weight excluding hydrogens is 1260 g/mol. The van der Waals surface area contributed by atoms with E-state index in [1.165, 1.54) is 89.0 Å². The molecule has 520 valence electrons. The number of hydrogen-bond acceptors (Lipinski definition) is 16. The van der Waals surface area contributed by atoms with Crippen LogP contribution in [0.15, 0.2) is 97.1 Å².